The van der Waals surface area contributed by atoms with Crippen LogP contribution in [0.2, 0.25) is 0 Å². The van der Waals surface area contributed by atoms with E-state index in [9.17, 15) is 17.8 Å². The first-order valence-electron chi connectivity index (χ1n) is 6.08. The summed E-state index contributed by atoms with van der Waals surface area (Å²) in [4.78, 5) is 17.4. The van der Waals surface area contributed by atoms with E-state index in [-0.39, 0.29) is 10.6 Å². The highest BCUT2D eigenvalue weighted by Gasteiger charge is 2.23. The molecule has 7 nitrogen and oxygen atoms in total. The zero-order valence-electron chi connectivity index (χ0n) is 12.1. The number of carbonyl (C=O) groups excluding carboxylic acids is 1. The number of nitrogens with zero attached hydrogens (tertiary/aromatic N) is 2. The molecule has 22 heavy (non-hydrogen) atoms. The van der Waals surface area contributed by atoms with Crippen LogP contribution >= 0.6 is 11.8 Å². The summed E-state index contributed by atoms with van der Waals surface area (Å²) in [6.45, 7) is 0. The molecule has 9 heteroatoms. The summed E-state index contributed by atoms with van der Waals surface area (Å²) in [5, 5.41) is 0.555. The van der Waals surface area contributed by atoms with Gasteiger partial charge in [0.05, 0.1) is 12.0 Å². The number of ether oxygens (including phenoxy) is 1. The van der Waals surface area contributed by atoms with E-state index in [2.05, 4.69) is 4.99 Å². The quantitative estimate of drug-likeness (QED) is 0.656. The van der Waals surface area contributed by atoms with Crippen molar-refractivity contribution in [3.8, 4) is 5.75 Å². The highest BCUT2D eigenvalue weighted by Crippen LogP contribution is 2.31. The lowest BCUT2D eigenvalue weighted by Crippen LogP contribution is -2.16. The lowest BCUT2D eigenvalue weighted by molar-refractivity contribution is -0.113. The van der Waals surface area contributed by atoms with Crippen molar-refractivity contribution in [3.63, 3.8) is 0 Å². The van der Waals surface area contributed by atoms with Crippen LogP contribution in [0.5, 0.6) is 5.75 Å². The van der Waals surface area contributed by atoms with Gasteiger partial charge >= 0.3 is 0 Å². The lowest BCUT2D eigenvalue weighted by atomic mass is 10.2. The molecule has 0 saturated heterocycles. The third-order valence-corrected chi connectivity index (χ3v) is 4.78. The minimum atomic E-state index is -4.42. The minimum absolute atomic E-state index is 0.0280. The van der Waals surface area contributed by atoms with Crippen molar-refractivity contribution in [1.82, 2.24) is 4.90 Å². The van der Waals surface area contributed by atoms with Crippen LogP contribution in [0.3, 0.4) is 0 Å². The van der Waals surface area contributed by atoms with Gasteiger partial charge in [-0.2, -0.15) is 13.4 Å². The summed E-state index contributed by atoms with van der Waals surface area (Å²) >= 11 is 1.19. The van der Waals surface area contributed by atoms with Crippen molar-refractivity contribution < 1.29 is 22.5 Å². The van der Waals surface area contributed by atoms with Gasteiger partial charge in [-0.3, -0.25) is 9.35 Å². The van der Waals surface area contributed by atoms with E-state index in [1.165, 1.54) is 37.1 Å². The Morgan fingerprint density at radius 1 is 1.36 bits per heavy atom. The van der Waals surface area contributed by atoms with Gasteiger partial charge < -0.3 is 9.64 Å². The van der Waals surface area contributed by atoms with E-state index in [1.54, 1.807) is 25.1 Å². The van der Waals surface area contributed by atoms with Gasteiger partial charge in [0.2, 0.25) is 0 Å². The maximum atomic E-state index is 11.8. The summed E-state index contributed by atoms with van der Waals surface area (Å²) < 4.78 is 36.9. The van der Waals surface area contributed by atoms with E-state index >= 15 is 0 Å². The van der Waals surface area contributed by atoms with Gasteiger partial charge in [-0.25, -0.2) is 0 Å². The molecule has 0 bridgehead atoms. The molecule has 1 heterocycles. The fraction of sp³-hybridized carbons (Fsp3) is 0.231. The number of amidine groups is 1. The summed E-state index contributed by atoms with van der Waals surface area (Å²) in [7, 11) is 0.418. The highest BCUT2D eigenvalue weighted by atomic mass is 32.2. The third-order valence-electron chi connectivity index (χ3n) is 2.76. The van der Waals surface area contributed by atoms with Crippen molar-refractivity contribution in [1.29, 1.82) is 0 Å². The number of amides is 1. The Bertz CT molecular complexity index is 782. The largest absolute Gasteiger partial charge is 0.495 e. The van der Waals surface area contributed by atoms with Crippen molar-refractivity contribution in [2.45, 2.75) is 4.90 Å². The Morgan fingerprint density at radius 3 is 2.55 bits per heavy atom. The van der Waals surface area contributed by atoms with Crippen molar-refractivity contribution in [2.24, 2.45) is 4.99 Å². The van der Waals surface area contributed by atoms with Gasteiger partial charge in [0.1, 0.15) is 10.6 Å². The van der Waals surface area contributed by atoms with Gasteiger partial charge in [-0.1, -0.05) is 6.07 Å². The van der Waals surface area contributed by atoms with Crippen molar-refractivity contribution >= 4 is 39.0 Å². The van der Waals surface area contributed by atoms with Crippen LogP contribution in [-0.4, -0.2) is 50.2 Å². The zero-order chi connectivity index (χ0) is 16.5. The minimum Gasteiger partial charge on any atom is -0.495 e. The molecule has 0 radical (unpaired) electrons. The number of methoxy groups -OCH3 is 1. The summed E-state index contributed by atoms with van der Waals surface area (Å²) in [5.74, 6) is -0.363. The predicted molar refractivity (Wildman–Crippen MR) is 84.5 cm³/mol. The van der Waals surface area contributed by atoms with Crippen LogP contribution in [0.1, 0.15) is 5.56 Å². The molecule has 1 aliphatic heterocycles. The van der Waals surface area contributed by atoms with E-state index in [4.69, 9.17) is 4.74 Å². The van der Waals surface area contributed by atoms with Gasteiger partial charge in [0.15, 0.2) is 5.17 Å². The number of carbonyl (C=O) groups is 1. The van der Waals surface area contributed by atoms with Gasteiger partial charge in [0.25, 0.3) is 16.0 Å². The second-order valence-corrected chi connectivity index (χ2v) is 6.99. The summed E-state index contributed by atoms with van der Waals surface area (Å²) in [6, 6.07) is 4.23. The molecular weight excluding hydrogens is 328 g/mol. The van der Waals surface area contributed by atoms with E-state index < -0.39 is 16.0 Å². The molecule has 1 aromatic carbocycles. The second-order valence-electron chi connectivity index (χ2n) is 4.59. The topological polar surface area (TPSA) is 96.3 Å². The molecule has 1 amide bonds. The second kappa shape index (κ2) is 6.11. The Labute approximate surface area is 132 Å². The molecule has 1 aromatic rings. The van der Waals surface area contributed by atoms with Gasteiger partial charge in [-0.15, -0.1) is 0 Å². The number of thioether (sulfide) groups is 1. The molecule has 0 atom stereocenters. The van der Waals surface area contributed by atoms with Gasteiger partial charge in [-0.05, 0) is 35.5 Å². The molecule has 0 aliphatic carbocycles. The number of aliphatic imine (C=N–C) groups is 1. The maximum Gasteiger partial charge on any atom is 0.298 e. The maximum absolute atomic E-state index is 11.8. The fourth-order valence-electron chi connectivity index (χ4n) is 1.73. The van der Waals surface area contributed by atoms with Crippen LogP contribution in [0.25, 0.3) is 6.08 Å². The highest BCUT2D eigenvalue weighted by molar-refractivity contribution is 8.18. The van der Waals surface area contributed by atoms with E-state index in [0.29, 0.717) is 15.6 Å². The van der Waals surface area contributed by atoms with Gasteiger partial charge in [0, 0.05) is 14.1 Å². The normalized spacial score (nSPS) is 16.8. The first-order chi connectivity index (χ1) is 10.2. The fourth-order valence-corrected chi connectivity index (χ4v) is 3.25. The van der Waals surface area contributed by atoms with E-state index in [1.807, 2.05) is 0 Å². The Morgan fingerprint density at radius 2 is 2.05 bits per heavy atom. The average molecular weight is 342 g/mol. The van der Waals surface area contributed by atoms with Crippen LogP contribution in [0.15, 0.2) is 33.0 Å². The molecular formula is C13H14N2O5S2. The van der Waals surface area contributed by atoms with Crippen molar-refractivity contribution in [2.75, 3.05) is 21.2 Å². The Hall–Kier alpha value is -1.84. The molecule has 0 saturated carbocycles. The molecule has 2 rings (SSSR count). The van der Waals surface area contributed by atoms with Crippen LogP contribution in [-0.2, 0) is 14.9 Å². The smallest absolute Gasteiger partial charge is 0.298 e. The summed E-state index contributed by atoms with van der Waals surface area (Å²) in [5.41, 5.74) is 0.444. The third kappa shape index (κ3) is 3.49. The average Bonchev–Trinajstić information content (AvgIpc) is 2.79. The molecule has 118 valence electrons. The monoisotopic (exact) mass is 342 g/mol. The standard InChI is InChI=1S/C13H14N2O5S2/c1-15(2)13-14-12(16)10(21-13)6-8-4-5-9(20-3)11(7-8)22(17,18)19/h4-7H,1-3H3,(H,17,18,19). The molecule has 0 spiro atoms. The molecule has 0 aromatic heterocycles. The van der Waals surface area contributed by atoms with E-state index in [0.717, 1.165) is 0 Å². The number of hydrogen-bond donors (Lipinski definition) is 1. The lowest BCUT2D eigenvalue weighted by Gasteiger charge is -2.09. The molecule has 1 N–H and O–H groups in total. The SMILES string of the molecule is COc1ccc(C=C2SC(N(C)C)=NC2=O)cc1S(=O)(=O)O. The molecule has 1 aliphatic rings. The first-order valence-corrected chi connectivity index (χ1v) is 8.33. The van der Waals surface area contributed by atoms with Crippen LogP contribution in [0, 0.1) is 0 Å². The number of hydrogen-bond acceptors (Lipinski definition) is 6. The van der Waals surface area contributed by atoms with Crippen LogP contribution < -0.4 is 4.74 Å². The zero-order valence-corrected chi connectivity index (χ0v) is 13.7. The molecule has 0 fully saturated rings. The molecule has 0 unspecified atom stereocenters. The number of benzene rings is 1. The predicted octanol–water partition coefficient (Wildman–Crippen LogP) is 1.47. The van der Waals surface area contributed by atoms with Crippen molar-refractivity contribution in [3.05, 3.63) is 28.7 Å². The summed E-state index contributed by atoms with van der Waals surface area (Å²) in [6.07, 6.45) is 1.52. The first kappa shape index (κ1) is 16.5. The van der Waals surface area contributed by atoms with Crippen LogP contribution in [0.4, 0.5) is 0 Å². The number of rotatable bonds is 3. The Balaban J connectivity index is 2.40. The Kier molecular flexibility index (Phi) is 4.59.